The predicted octanol–water partition coefficient (Wildman–Crippen LogP) is -2.87. The summed E-state index contributed by atoms with van der Waals surface area (Å²) < 4.78 is 6.31. The van der Waals surface area contributed by atoms with Crippen LogP contribution in [0.15, 0.2) is 11.1 Å². The van der Waals surface area contributed by atoms with Crippen molar-refractivity contribution < 1.29 is 20.1 Å². The maximum absolute atomic E-state index is 11.5. The highest BCUT2D eigenvalue weighted by molar-refractivity contribution is 5.67. The molecule has 19 heavy (non-hydrogen) atoms. The lowest BCUT2D eigenvalue weighted by atomic mass is 10.0. The third-order valence-corrected chi connectivity index (χ3v) is 2.98. The molecule has 0 unspecified atom stereocenters. The fourth-order valence-corrected chi connectivity index (χ4v) is 1.95. The molecule has 102 valence electrons. The number of aliphatic hydroxyl groups excluding tert-OH is 3. The van der Waals surface area contributed by atoms with Gasteiger partial charge >= 0.3 is 0 Å². The van der Waals surface area contributed by atoms with Crippen LogP contribution in [0.3, 0.4) is 0 Å². The Balaban J connectivity index is 2.05. The van der Waals surface area contributed by atoms with Gasteiger partial charge in [0.25, 0.3) is 5.56 Å². The SMILES string of the molecule is O=c1[nH]cnc2c1nnn2[C@@H]1OC[C@@H](O)[C@@H](O)[C@H]1O. The summed E-state index contributed by atoms with van der Waals surface area (Å²) >= 11 is 0. The minimum absolute atomic E-state index is 0.00101. The Bertz CT molecular complexity index is 654. The number of H-pyrrole nitrogens is 1. The topological polar surface area (TPSA) is 146 Å². The van der Waals surface area contributed by atoms with E-state index in [1.165, 1.54) is 6.33 Å². The third kappa shape index (κ3) is 1.81. The number of aromatic nitrogens is 5. The molecule has 0 aromatic carbocycles. The first-order valence-corrected chi connectivity index (χ1v) is 5.54. The van der Waals surface area contributed by atoms with Gasteiger partial charge in [0.1, 0.15) is 18.3 Å². The molecule has 3 heterocycles. The molecule has 3 rings (SSSR count). The molecule has 0 radical (unpaired) electrons. The summed E-state index contributed by atoms with van der Waals surface area (Å²) in [5.74, 6) is 0. The van der Waals surface area contributed by atoms with Crippen molar-refractivity contribution >= 4 is 11.2 Å². The van der Waals surface area contributed by atoms with Crippen LogP contribution in [0.25, 0.3) is 11.2 Å². The highest BCUT2D eigenvalue weighted by atomic mass is 16.5. The maximum Gasteiger partial charge on any atom is 0.280 e. The zero-order valence-corrected chi connectivity index (χ0v) is 9.54. The number of hydrogen-bond acceptors (Lipinski definition) is 8. The van der Waals surface area contributed by atoms with Gasteiger partial charge in [-0.1, -0.05) is 5.21 Å². The minimum atomic E-state index is -1.41. The summed E-state index contributed by atoms with van der Waals surface area (Å²) in [6.45, 7) is -0.173. The molecule has 0 aliphatic carbocycles. The van der Waals surface area contributed by atoms with Crippen molar-refractivity contribution in [2.45, 2.75) is 24.5 Å². The molecular formula is C9H11N5O5. The zero-order valence-electron chi connectivity index (χ0n) is 9.54. The first-order valence-electron chi connectivity index (χ1n) is 5.54. The van der Waals surface area contributed by atoms with E-state index in [9.17, 15) is 20.1 Å². The first-order chi connectivity index (χ1) is 9.09. The van der Waals surface area contributed by atoms with Crippen molar-refractivity contribution in [1.82, 2.24) is 25.0 Å². The highest BCUT2D eigenvalue weighted by Crippen LogP contribution is 2.24. The molecule has 10 nitrogen and oxygen atoms in total. The van der Waals surface area contributed by atoms with Crippen LogP contribution >= 0.6 is 0 Å². The second-order valence-corrected chi connectivity index (χ2v) is 4.21. The zero-order chi connectivity index (χ0) is 13.6. The molecule has 2 aromatic rings. The van der Waals surface area contributed by atoms with E-state index in [0.29, 0.717) is 0 Å². The molecule has 1 aliphatic rings. The molecular weight excluding hydrogens is 258 g/mol. The Morgan fingerprint density at radius 3 is 2.95 bits per heavy atom. The van der Waals surface area contributed by atoms with Crippen molar-refractivity contribution in [3.8, 4) is 0 Å². The van der Waals surface area contributed by atoms with Crippen LogP contribution in [0.4, 0.5) is 0 Å². The van der Waals surface area contributed by atoms with Crippen molar-refractivity contribution in [2.75, 3.05) is 6.61 Å². The van der Waals surface area contributed by atoms with Crippen LogP contribution in [0, 0.1) is 0 Å². The van der Waals surface area contributed by atoms with E-state index in [1.54, 1.807) is 0 Å². The molecule has 1 saturated heterocycles. The van der Waals surface area contributed by atoms with Gasteiger partial charge in [0.2, 0.25) is 0 Å². The average molecular weight is 269 g/mol. The van der Waals surface area contributed by atoms with Gasteiger partial charge in [0, 0.05) is 0 Å². The molecule has 4 atom stereocenters. The number of hydrogen-bond donors (Lipinski definition) is 4. The molecule has 1 aliphatic heterocycles. The minimum Gasteiger partial charge on any atom is -0.388 e. The van der Waals surface area contributed by atoms with Gasteiger partial charge in [-0.2, -0.15) is 4.68 Å². The highest BCUT2D eigenvalue weighted by Gasteiger charge is 2.40. The van der Waals surface area contributed by atoms with Crippen molar-refractivity contribution in [2.24, 2.45) is 0 Å². The van der Waals surface area contributed by atoms with Gasteiger partial charge < -0.3 is 25.0 Å². The Morgan fingerprint density at radius 2 is 2.16 bits per heavy atom. The number of aromatic amines is 1. The quantitative estimate of drug-likeness (QED) is 0.432. The standard InChI is InChI=1S/C9H11N5O5/c15-3-1-19-9(6(17)5(3)16)14-7-4(12-13-14)8(18)11-2-10-7/h2-3,5-6,9,15-17H,1H2,(H,10,11,18)/t3-,5-,6-,9-/m1/s1. The fourth-order valence-electron chi connectivity index (χ4n) is 1.95. The van der Waals surface area contributed by atoms with E-state index in [-0.39, 0.29) is 17.8 Å². The number of nitrogens with one attached hydrogen (secondary N) is 1. The molecule has 0 amide bonds. The van der Waals surface area contributed by atoms with E-state index in [1.807, 2.05) is 0 Å². The van der Waals surface area contributed by atoms with Gasteiger partial charge in [-0.05, 0) is 0 Å². The smallest absolute Gasteiger partial charge is 0.280 e. The Labute approximate surface area is 105 Å². The number of fused-ring (bicyclic) bond motifs is 1. The summed E-state index contributed by atoms with van der Waals surface area (Å²) in [6.07, 6.45) is -3.87. The van der Waals surface area contributed by atoms with Crippen LogP contribution in [0.5, 0.6) is 0 Å². The lowest BCUT2D eigenvalue weighted by Gasteiger charge is -2.34. The van der Waals surface area contributed by atoms with E-state index >= 15 is 0 Å². The van der Waals surface area contributed by atoms with Gasteiger partial charge in [-0.3, -0.25) is 4.79 Å². The van der Waals surface area contributed by atoms with E-state index < -0.39 is 30.1 Å². The largest absolute Gasteiger partial charge is 0.388 e. The molecule has 4 N–H and O–H groups in total. The van der Waals surface area contributed by atoms with Crippen molar-refractivity contribution in [3.63, 3.8) is 0 Å². The summed E-state index contributed by atoms with van der Waals surface area (Å²) in [6, 6.07) is 0. The Morgan fingerprint density at radius 1 is 1.37 bits per heavy atom. The number of ether oxygens (including phenoxy) is 1. The monoisotopic (exact) mass is 269 g/mol. The van der Waals surface area contributed by atoms with Crippen molar-refractivity contribution in [3.05, 3.63) is 16.7 Å². The lowest BCUT2D eigenvalue weighted by molar-refractivity contribution is -0.213. The van der Waals surface area contributed by atoms with Crippen LogP contribution in [-0.2, 0) is 4.74 Å². The maximum atomic E-state index is 11.5. The summed E-state index contributed by atoms with van der Waals surface area (Å²) in [4.78, 5) is 17.7. The van der Waals surface area contributed by atoms with Gasteiger partial charge in [-0.15, -0.1) is 5.10 Å². The lowest BCUT2D eigenvalue weighted by Crippen LogP contribution is -2.50. The van der Waals surface area contributed by atoms with E-state index in [4.69, 9.17) is 4.74 Å². The van der Waals surface area contributed by atoms with Crippen LogP contribution in [0.2, 0.25) is 0 Å². The second kappa shape index (κ2) is 4.35. The van der Waals surface area contributed by atoms with Crippen LogP contribution in [-0.4, -0.2) is 65.2 Å². The Hall–Kier alpha value is -1.88. The summed E-state index contributed by atoms with van der Waals surface area (Å²) in [5, 5.41) is 36.2. The molecule has 2 aromatic heterocycles. The number of nitrogens with zero attached hydrogens (tertiary/aromatic N) is 4. The predicted molar refractivity (Wildman–Crippen MR) is 59.0 cm³/mol. The third-order valence-electron chi connectivity index (χ3n) is 2.98. The van der Waals surface area contributed by atoms with Crippen molar-refractivity contribution in [1.29, 1.82) is 0 Å². The Kier molecular flexibility index (Phi) is 2.78. The van der Waals surface area contributed by atoms with E-state index in [0.717, 1.165) is 4.68 Å². The molecule has 1 fully saturated rings. The number of rotatable bonds is 1. The molecule has 0 spiro atoms. The van der Waals surface area contributed by atoms with Gasteiger partial charge in [-0.25, -0.2) is 4.98 Å². The van der Waals surface area contributed by atoms with Gasteiger partial charge in [0.15, 0.2) is 17.4 Å². The summed E-state index contributed by atoms with van der Waals surface area (Å²) in [5.41, 5.74) is -0.350. The van der Waals surface area contributed by atoms with Gasteiger partial charge in [0.05, 0.1) is 12.9 Å². The van der Waals surface area contributed by atoms with Crippen LogP contribution < -0.4 is 5.56 Å². The second-order valence-electron chi connectivity index (χ2n) is 4.21. The summed E-state index contributed by atoms with van der Waals surface area (Å²) in [7, 11) is 0. The first kappa shape index (κ1) is 12.2. The normalized spacial score (nSPS) is 31.7. The van der Waals surface area contributed by atoms with Crippen LogP contribution in [0.1, 0.15) is 6.23 Å². The average Bonchev–Trinajstić information content (AvgIpc) is 2.82. The fraction of sp³-hybridized carbons (Fsp3) is 0.556. The molecule has 10 heteroatoms. The number of aliphatic hydroxyl groups is 3. The molecule has 0 bridgehead atoms. The molecule has 0 saturated carbocycles. The van der Waals surface area contributed by atoms with E-state index in [2.05, 4.69) is 20.3 Å².